The molecule has 2 atom stereocenters. The molecule has 0 saturated carbocycles. The Morgan fingerprint density at radius 1 is 1.13 bits per heavy atom. The fraction of sp³-hybridized carbons (Fsp3) is 0.207. The minimum atomic E-state index is -0.808. The normalized spacial score (nSPS) is 16.9. The second-order valence-corrected chi connectivity index (χ2v) is 8.91. The highest BCUT2D eigenvalue weighted by atomic mass is 16.5. The first-order chi connectivity index (χ1) is 18.2. The lowest BCUT2D eigenvalue weighted by Crippen LogP contribution is -2.37. The molecule has 3 aromatic rings. The monoisotopic (exact) mass is 510 g/mol. The van der Waals surface area contributed by atoms with Crippen LogP contribution in [-0.2, 0) is 14.3 Å². The maximum atomic E-state index is 13.6. The van der Waals surface area contributed by atoms with Crippen molar-refractivity contribution in [2.45, 2.75) is 26.7 Å². The van der Waals surface area contributed by atoms with E-state index in [2.05, 4.69) is 26.4 Å². The number of carbonyl (C=O) groups excluding carboxylic acids is 2. The van der Waals surface area contributed by atoms with Gasteiger partial charge in [-0.1, -0.05) is 30.2 Å². The first-order valence-electron chi connectivity index (χ1n) is 11.8. The Morgan fingerprint density at radius 2 is 1.84 bits per heavy atom. The van der Waals surface area contributed by atoms with Crippen LogP contribution in [0.15, 0.2) is 69.6 Å². The van der Waals surface area contributed by atoms with Crippen molar-refractivity contribution in [3.05, 3.63) is 86.8 Å². The molecule has 2 heterocycles. The van der Waals surface area contributed by atoms with Gasteiger partial charge in [0.15, 0.2) is 5.75 Å². The number of allylic oxidation sites excluding steroid dienone is 1. The van der Waals surface area contributed by atoms with E-state index in [-0.39, 0.29) is 17.0 Å². The Morgan fingerprint density at radius 3 is 2.50 bits per heavy atom. The molecule has 4 rings (SSSR count). The number of hydrogen-bond acceptors (Lipinski definition) is 7. The Hall–Kier alpha value is -4.97. The molecule has 3 N–H and O–H groups in total. The van der Waals surface area contributed by atoms with Crippen LogP contribution in [0.5, 0.6) is 5.75 Å². The van der Waals surface area contributed by atoms with E-state index in [0.717, 1.165) is 0 Å². The lowest BCUT2D eigenvalue weighted by atomic mass is 9.75. The number of esters is 1. The number of rotatable bonds is 5. The van der Waals surface area contributed by atoms with Gasteiger partial charge in [0, 0.05) is 39.7 Å². The summed E-state index contributed by atoms with van der Waals surface area (Å²) < 4.78 is 5.07. The molecular weight excluding hydrogens is 484 g/mol. The quantitative estimate of drug-likeness (QED) is 0.354. The number of carbonyl (C=O) groups is 2. The Balaban J connectivity index is 1.70. The molecule has 0 bridgehead atoms. The van der Waals surface area contributed by atoms with Crippen molar-refractivity contribution in [3.63, 3.8) is 0 Å². The molecular formula is C29H26N4O5. The van der Waals surface area contributed by atoms with Gasteiger partial charge in [-0.25, -0.2) is 5.10 Å². The summed E-state index contributed by atoms with van der Waals surface area (Å²) in [5.74, 6) is -0.0368. The van der Waals surface area contributed by atoms with Crippen LogP contribution in [0.2, 0.25) is 0 Å². The molecule has 1 aliphatic rings. The van der Waals surface area contributed by atoms with Crippen LogP contribution in [0.25, 0.3) is 11.3 Å². The summed E-state index contributed by atoms with van der Waals surface area (Å²) in [5.41, 5.74) is 3.55. The molecule has 1 aliphatic heterocycles. The van der Waals surface area contributed by atoms with Gasteiger partial charge in [0.05, 0.1) is 12.7 Å². The molecule has 38 heavy (non-hydrogen) atoms. The molecule has 0 saturated heterocycles. The van der Waals surface area contributed by atoms with Crippen molar-refractivity contribution in [2.75, 3.05) is 12.4 Å². The second kappa shape index (κ2) is 10.6. The summed E-state index contributed by atoms with van der Waals surface area (Å²) >= 11 is 0. The van der Waals surface area contributed by atoms with Gasteiger partial charge in [0.25, 0.3) is 11.5 Å². The molecule has 1 aromatic heterocycles. The van der Waals surface area contributed by atoms with Gasteiger partial charge in [-0.05, 0) is 50.6 Å². The van der Waals surface area contributed by atoms with E-state index in [4.69, 9.17) is 11.2 Å². The average molecular weight is 511 g/mol. The number of methoxy groups -OCH3 is 1. The van der Waals surface area contributed by atoms with Crippen molar-refractivity contribution in [3.8, 4) is 29.4 Å². The van der Waals surface area contributed by atoms with Crippen LogP contribution < -0.4 is 10.9 Å². The predicted octanol–water partition coefficient (Wildman–Crippen LogP) is 3.69. The number of aromatic hydroxyl groups is 1. The number of terminal acetylenes is 1. The number of anilines is 1. The van der Waals surface area contributed by atoms with Crippen molar-refractivity contribution in [2.24, 2.45) is 10.9 Å². The number of benzene rings is 2. The average Bonchev–Trinajstić information content (AvgIpc) is 2.91. The van der Waals surface area contributed by atoms with Crippen LogP contribution in [0.3, 0.4) is 0 Å². The van der Waals surface area contributed by atoms with Gasteiger partial charge in [-0.15, -0.1) is 6.42 Å². The summed E-state index contributed by atoms with van der Waals surface area (Å²) in [5, 5.41) is 19.5. The van der Waals surface area contributed by atoms with Gasteiger partial charge >= 0.3 is 5.97 Å². The van der Waals surface area contributed by atoms with Gasteiger partial charge in [-0.2, -0.15) is 5.10 Å². The van der Waals surface area contributed by atoms with Gasteiger partial charge in [0.2, 0.25) is 0 Å². The van der Waals surface area contributed by atoms with E-state index in [1.54, 1.807) is 56.3 Å². The SMILES string of the molecule is C#Cc1cccc(C2C(C(=O)Nc3ccc(-c4n[nH]c(=O)c(C)c4O)cc3)=C(C)N=C(C)C2C(=O)OC)c1. The summed E-state index contributed by atoms with van der Waals surface area (Å²) in [6, 6.07) is 13.8. The smallest absolute Gasteiger partial charge is 0.315 e. The Kier molecular flexibility index (Phi) is 7.26. The molecule has 1 amide bonds. The van der Waals surface area contributed by atoms with E-state index in [0.29, 0.717) is 39.4 Å². The van der Waals surface area contributed by atoms with Crippen molar-refractivity contribution < 1.29 is 19.4 Å². The zero-order chi connectivity index (χ0) is 27.6. The highest BCUT2D eigenvalue weighted by Crippen LogP contribution is 2.40. The molecule has 2 aromatic carbocycles. The van der Waals surface area contributed by atoms with E-state index in [1.165, 1.54) is 14.0 Å². The summed E-state index contributed by atoms with van der Waals surface area (Å²) in [6.45, 7) is 4.95. The van der Waals surface area contributed by atoms with Gasteiger partial charge < -0.3 is 15.2 Å². The van der Waals surface area contributed by atoms with E-state index < -0.39 is 29.3 Å². The van der Waals surface area contributed by atoms with Crippen molar-refractivity contribution in [1.29, 1.82) is 0 Å². The van der Waals surface area contributed by atoms with Crippen molar-refractivity contribution in [1.82, 2.24) is 10.2 Å². The largest absolute Gasteiger partial charge is 0.505 e. The fourth-order valence-corrected chi connectivity index (χ4v) is 4.59. The highest BCUT2D eigenvalue weighted by molar-refractivity contribution is 6.11. The first kappa shape index (κ1) is 26.1. The molecule has 2 unspecified atom stereocenters. The summed E-state index contributed by atoms with van der Waals surface area (Å²) in [4.78, 5) is 42.7. The number of nitrogens with one attached hydrogen (secondary N) is 2. The van der Waals surface area contributed by atoms with Crippen LogP contribution in [0.4, 0.5) is 5.69 Å². The molecule has 9 nitrogen and oxygen atoms in total. The minimum absolute atomic E-state index is 0.156. The van der Waals surface area contributed by atoms with Crippen LogP contribution >= 0.6 is 0 Å². The van der Waals surface area contributed by atoms with Crippen LogP contribution in [0.1, 0.15) is 36.5 Å². The number of hydrogen-bond donors (Lipinski definition) is 3. The van der Waals surface area contributed by atoms with E-state index in [9.17, 15) is 19.5 Å². The maximum absolute atomic E-state index is 13.6. The molecule has 0 radical (unpaired) electrons. The number of aromatic amines is 1. The molecule has 192 valence electrons. The number of amides is 1. The molecule has 0 fully saturated rings. The number of H-pyrrole nitrogens is 1. The lowest BCUT2D eigenvalue weighted by molar-refractivity contribution is -0.143. The number of ether oxygens (including phenoxy) is 1. The van der Waals surface area contributed by atoms with E-state index in [1.807, 2.05) is 6.07 Å². The van der Waals surface area contributed by atoms with Crippen LogP contribution in [-0.4, -0.2) is 40.0 Å². The molecule has 0 spiro atoms. The number of aliphatic imine (C=N–C) groups is 1. The zero-order valence-electron chi connectivity index (χ0n) is 21.3. The lowest BCUT2D eigenvalue weighted by Gasteiger charge is -2.31. The summed E-state index contributed by atoms with van der Waals surface area (Å²) in [7, 11) is 1.30. The first-order valence-corrected chi connectivity index (χ1v) is 11.8. The number of nitrogens with zero attached hydrogens (tertiary/aromatic N) is 2. The number of aromatic nitrogens is 2. The van der Waals surface area contributed by atoms with Gasteiger partial charge in [0.1, 0.15) is 11.6 Å². The molecule has 0 aliphatic carbocycles. The topological polar surface area (TPSA) is 134 Å². The zero-order valence-corrected chi connectivity index (χ0v) is 21.3. The standard InChI is InChI=1S/C29H26N4O5/c1-6-18-8-7-9-20(14-18)24-22(16(3)30-17(4)23(24)29(37)38-5)28(36)31-21-12-10-19(11-13-21)25-26(34)15(2)27(35)33-32-25/h1,7-14,23-24H,2-5H3,(H,31,36)(H2,33,34,35). The Labute approximate surface area is 219 Å². The van der Waals surface area contributed by atoms with Crippen molar-refractivity contribution >= 4 is 23.3 Å². The van der Waals surface area contributed by atoms with E-state index >= 15 is 0 Å². The molecule has 9 heteroatoms. The van der Waals surface area contributed by atoms with Gasteiger partial charge in [-0.3, -0.25) is 19.4 Å². The minimum Gasteiger partial charge on any atom is -0.505 e. The third-order valence-electron chi connectivity index (χ3n) is 6.55. The second-order valence-electron chi connectivity index (χ2n) is 8.91. The third-order valence-corrected chi connectivity index (χ3v) is 6.55. The fourth-order valence-electron chi connectivity index (χ4n) is 4.59. The van der Waals surface area contributed by atoms with Crippen LogP contribution in [0, 0.1) is 25.2 Å². The predicted molar refractivity (Wildman–Crippen MR) is 144 cm³/mol. The Bertz CT molecular complexity index is 1590. The highest BCUT2D eigenvalue weighted by Gasteiger charge is 2.41. The summed E-state index contributed by atoms with van der Waals surface area (Å²) in [6.07, 6.45) is 5.61. The maximum Gasteiger partial charge on any atom is 0.315 e. The third kappa shape index (κ3) is 4.84.